The second kappa shape index (κ2) is 6.12. The lowest BCUT2D eigenvalue weighted by Gasteiger charge is -2.23. The number of ether oxygens (including phenoxy) is 1. The molecule has 2 nitrogen and oxygen atoms in total. The van der Waals surface area contributed by atoms with Crippen molar-refractivity contribution in [2.45, 2.75) is 31.7 Å². The van der Waals surface area contributed by atoms with E-state index in [4.69, 9.17) is 16.3 Å². The summed E-state index contributed by atoms with van der Waals surface area (Å²) in [4.78, 5) is 0. The zero-order chi connectivity index (χ0) is 11.2. The van der Waals surface area contributed by atoms with Gasteiger partial charge in [0, 0.05) is 11.1 Å². The number of nitrogens with one attached hydrogen (secondary N) is 1. The van der Waals surface area contributed by atoms with Gasteiger partial charge in [-0.15, -0.1) is 0 Å². The predicted molar refractivity (Wildman–Crippen MR) is 67.2 cm³/mol. The highest BCUT2D eigenvalue weighted by molar-refractivity contribution is 6.30. The minimum absolute atomic E-state index is 0.640. The summed E-state index contributed by atoms with van der Waals surface area (Å²) >= 11 is 5.80. The normalized spacial score (nSPS) is 20.7. The third kappa shape index (κ3) is 3.69. The summed E-state index contributed by atoms with van der Waals surface area (Å²) < 4.78 is 5.67. The summed E-state index contributed by atoms with van der Waals surface area (Å²) in [5, 5.41) is 4.26. The molecule has 1 aliphatic heterocycles. The monoisotopic (exact) mass is 239 g/mol. The van der Waals surface area contributed by atoms with Gasteiger partial charge in [-0.3, -0.25) is 0 Å². The summed E-state index contributed by atoms with van der Waals surface area (Å²) in [6.07, 6.45) is 5.03. The highest BCUT2D eigenvalue weighted by Gasteiger charge is 2.11. The summed E-state index contributed by atoms with van der Waals surface area (Å²) in [7, 11) is 0. The first-order valence-electron chi connectivity index (χ1n) is 5.96. The zero-order valence-corrected chi connectivity index (χ0v) is 10.2. The molecule has 1 atom stereocenters. The molecule has 0 saturated carbocycles. The Morgan fingerprint density at radius 3 is 2.75 bits per heavy atom. The Hall–Kier alpha value is -0.730. The third-order valence-electron chi connectivity index (χ3n) is 2.96. The Balaban J connectivity index is 1.69. The van der Waals surface area contributed by atoms with Gasteiger partial charge in [-0.25, -0.2) is 0 Å². The van der Waals surface area contributed by atoms with Crippen LogP contribution < -0.4 is 10.1 Å². The van der Waals surface area contributed by atoms with Crippen molar-refractivity contribution in [2.24, 2.45) is 0 Å². The first kappa shape index (κ1) is 11.7. The fraction of sp³-hybridized carbons (Fsp3) is 0.538. The SMILES string of the molecule is Clc1ccc(OCCC2CCCCN2)cc1. The lowest BCUT2D eigenvalue weighted by molar-refractivity contribution is 0.268. The molecule has 3 heteroatoms. The van der Waals surface area contributed by atoms with Crippen molar-refractivity contribution in [2.75, 3.05) is 13.2 Å². The van der Waals surface area contributed by atoms with Crippen molar-refractivity contribution < 1.29 is 4.74 Å². The van der Waals surface area contributed by atoms with Crippen LogP contribution in [0.15, 0.2) is 24.3 Å². The topological polar surface area (TPSA) is 21.3 Å². The molecule has 1 aliphatic rings. The van der Waals surface area contributed by atoms with Gasteiger partial charge in [0.15, 0.2) is 0 Å². The summed E-state index contributed by atoms with van der Waals surface area (Å²) in [5.41, 5.74) is 0. The number of halogens is 1. The number of rotatable bonds is 4. The molecule has 0 amide bonds. The maximum Gasteiger partial charge on any atom is 0.119 e. The van der Waals surface area contributed by atoms with Gasteiger partial charge < -0.3 is 10.1 Å². The quantitative estimate of drug-likeness (QED) is 0.871. The van der Waals surface area contributed by atoms with E-state index >= 15 is 0 Å². The lowest BCUT2D eigenvalue weighted by Crippen LogP contribution is -2.35. The van der Waals surface area contributed by atoms with Crippen molar-refractivity contribution in [3.8, 4) is 5.75 Å². The standard InChI is InChI=1S/C13H18ClNO/c14-11-4-6-13(7-5-11)16-10-8-12-3-1-2-9-15-12/h4-7,12,15H,1-3,8-10H2. The molecule has 1 heterocycles. The third-order valence-corrected chi connectivity index (χ3v) is 3.21. The van der Waals surface area contributed by atoms with Crippen LogP contribution in [-0.2, 0) is 0 Å². The van der Waals surface area contributed by atoms with Gasteiger partial charge in [0.25, 0.3) is 0 Å². The minimum Gasteiger partial charge on any atom is -0.494 e. The van der Waals surface area contributed by atoms with Gasteiger partial charge in [-0.05, 0) is 50.1 Å². The number of hydrogen-bond acceptors (Lipinski definition) is 2. The second-order valence-electron chi connectivity index (χ2n) is 4.24. The van der Waals surface area contributed by atoms with Crippen LogP contribution in [0, 0.1) is 0 Å². The van der Waals surface area contributed by atoms with Crippen molar-refractivity contribution >= 4 is 11.6 Å². The second-order valence-corrected chi connectivity index (χ2v) is 4.67. The van der Waals surface area contributed by atoms with Gasteiger partial charge in [0.05, 0.1) is 6.61 Å². The highest BCUT2D eigenvalue weighted by atomic mass is 35.5. The van der Waals surface area contributed by atoms with Crippen LogP contribution in [0.1, 0.15) is 25.7 Å². The van der Waals surface area contributed by atoms with Crippen LogP contribution in [0.25, 0.3) is 0 Å². The highest BCUT2D eigenvalue weighted by Crippen LogP contribution is 2.16. The minimum atomic E-state index is 0.640. The van der Waals surface area contributed by atoms with Crippen LogP contribution in [0.3, 0.4) is 0 Å². The summed E-state index contributed by atoms with van der Waals surface area (Å²) in [6.45, 7) is 1.94. The van der Waals surface area contributed by atoms with Gasteiger partial charge >= 0.3 is 0 Å². The Kier molecular flexibility index (Phi) is 4.49. The Bertz CT molecular complexity index is 306. The van der Waals surface area contributed by atoms with Crippen LogP contribution in [0.4, 0.5) is 0 Å². The molecule has 88 valence electrons. The molecule has 1 aromatic rings. The molecule has 0 radical (unpaired) electrons. The van der Waals surface area contributed by atoms with Gasteiger partial charge in [0.2, 0.25) is 0 Å². The predicted octanol–water partition coefficient (Wildman–Crippen LogP) is 3.25. The molecule has 0 aromatic heterocycles. The number of piperidine rings is 1. The smallest absolute Gasteiger partial charge is 0.119 e. The van der Waals surface area contributed by atoms with Crippen molar-refractivity contribution in [1.29, 1.82) is 0 Å². The van der Waals surface area contributed by atoms with Crippen molar-refractivity contribution in [3.05, 3.63) is 29.3 Å². The van der Waals surface area contributed by atoms with E-state index in [1.165, 1.54) is 19.3 Å². The van der Waals surface area contributed by atoms with Crippen molar-refractivity contribution in [1.82, 2.24) is 5.32 Å². The first-order valence-corrected chi connectivity index (χ1v) is 6.34. The van der Waals surface area contributed by atoms with Crippen molar-refractivity contribution in [3.63, 3.8) is 0 Å². The van der Waals surface area contributed by atoms with Crippen LogP contribution in [0.5, 0.6) is 5.75 Å². The van der Waals surface area contributed by atoms with Gasteiger partial charge in [-0.1, -0.05) is 18.0 Å². The van der Waals surface area contributed by atoms with Gasteiger partial charge in [-0.2, -0.15) is 0 Å². The molecule has 0 bridgehead atoms. The maximum atomic E-state index is 5.80. The van der Waals surface area contributed by atoms with Gasteiger partial charge in [0.1, 0.15) is 5.75 Å². The molecule has 0 spiro atoms. The zero-order valence-electron chi connectivity index (χ0n) is 9.42. The molecule has 1 unspecified atom stereocenters. The fourth-order valence-corrected chi connectivity index (χ4v) is 2.15. The van der Waals surface area contributed by atoms with E-state index in [1.54, 1.807) is 0 Å². The number of benzene rings is 1. The molecule has 1 fully saturated rings. The molecule has 1 saturated heterocycles. The van der Waals surface area contributed by atoms with E-state index < -0.39 is 0 Å². The van der Waals surface area contributed by atoms with E-state index in [2.05, 4.69) is 5.32 Å². The lowest BCUT2D eigenvalue weighted by atomic mass is 10.0. The largest absolute Gasteiger partial charge is 0.494 e. The molecule has 0 aliphatic carbocycles. The Morgan fingerprint density at radius 2 is 2.06 bits per heavy atom. The Morgan fingerprint density at radius 1 is 1.25 bits per heavy atom. The molecule has 1 aromatic carbocycles. The fourth-order valence-electron chi connectivity index (χ4n) is 2.02. The van der Waals surface area contributed by atoms with Crippen LogP contribution >= 0.6 is 11.6 Å². The Labute approximate surface area is 102 Å². The molecule has 1 N–H and O–H groups in total. The van der Waals surface area contributed by atoms with E-state index in [1.807, 2.05) is 24.3 Å². The van der Waals surface area contributed by atoms with E-state index in [9.17, 15) is 0 Å². The average Bonchev–Trinajstić information content (AvgIpc) is 2.33. The van der Waals surface area contributed by atoms with Crippen LogP contribution in [0.2, 0.25) is 5.02 Å². The number of hydrogen-bond donors (Lipinski definition) is 1. The van der Waals surface area contributed by atoms with E-state index in [0.29, 0.717) is 6.04 Å². The van der Waals surface area contributed by atoms with E-state index in [0.717, 1.165) is 30.3 Å². The molecule has 2 rings (SSSR count). The average molecular weight is 240 g/mol. The molecular formula is C13H18ClNO. The summed E-state index contributed by atoms with van der Waals surface area (Å²) in [6, 6.07) is 8.18. The van der Waals surface area contributed by atoms with Crippen LogP contribution in [-0.4, -0.2) is 19.2 Å². The maximum absolute atomic E-state index is 5.80. The molecular weight excluding hydrogens is 222 g/mol. The first-order chi connectivity index (χ1) is 7.84. The molecule has 16 heavy (non-hydrogen) atoms. The summed E-state index contributed by atoms with van der Waals surface area (Å²) in [5.74, 6) is 0.903. The van der Waals surface area contributed by atoms with E-state index in [-0.39, 0.29) is 0 Å².